The van der Waals surface area contributed by atoms with Crippen molar-refractivity contribution in [3.05, 3.63) is 29.8 Å². The van der Waals surface area contributed by atoms with Crippen LogP contribution in [0.3, 0.4) is 0 Å². The Morgan fingerprint density at radius 2 is 0.980 bits per heavy atom. The minimum Gasteiger partial charge on any atom is -0.549 e. The molecule has 265 valence electrons. The van der Waals surface area contributed by atoms with E-state index in [1.807, 2.05) is 0 Å². The molecule has 3 N–H and O–H groups in total. The molecule has 1 aromatic carbocycles. The van der Waals surface area contributed by atoms with Gasteiger partial charge >= 0.3 is 111 Å². The zero-order valence-corrected chi connectivity index (χ0v) is 34.5. The average Bonchev–Trinajstić information content (AvgIpc) is 2.94. The van der Waals surface area contributed by atoms with E-state index < -0.39 is 67.7 Å². The van der Waals surface area contributed by atoms with E-state index in [1.165, 1.54) is 0 Å². The van der Waals surface area contributed by atoms with Crippen molar-refractivity contribution in [1.29, 1.82) is 0 Å². The van der Waals surface area contributed by atoms with Gasteiger partial charge in [0, 0.05) is 84.1 Å². The summed E-state index contributed by atoms with van der Waals surface area (Å²) in [6, 6.07) is 6.24. The van der Waals surface area contributed by atoms with Crippen LogP contribution in [-0.2, 0) is 40.0 Å². The van der Waals surface area contributed by atoms with Gasteiger partial charge in [-0.05, 0) is 17.7 Å². The third-order valence-corrected chi connectivity index (χ3v) is 7.11. The molecule has 21 heteroatoms. The molecule has 0 atom stereocenters. The standard InChI is InChI=1S/C29H42N6O12.Gd.2Na/c36-23(14-35(19-28(44)45)20-29(46)47)13-21-1-3-22(4-2-21)30-24(37)15-31-5-7-32(16-25(38)39)9-11-34(18-27(42)43)12-10-33(8-6-31)17-26(40)41;;;/h1-4H,5-20H2,(H,30,37)(H,38,39)(H,40,41)(H,42,43)(H,44,45)(H,46,47);;;/q;+3;2*+1/p-3. The van der Waals surface area contributed by atoms with Crippen molar-refractivity contribution in [1.82, 2.24) is 24.5 Å². The fourth-order valence-electron chi connectivity index (χ4n) is 4.95. The maximum Gasteiger partial charge on any atom is 3.00 e. The van der Waals surface area contributed by atoms with Crippen LogP contribution in [0, 0.1) is 39.9 Å². The number of amides is 1. The molecular weight excluding hydrogens is 828 g/mol. The number of hydrogen-bond acceptors (Lipinski definition) is 15. The number of nitrogens with one attached hydrogen (secondary N) is 1. The molecule has 1 radical (unpaired) electrons. The summed E-state index contributed by atoms with van der Waals surface area (Å²) in [6.45, 7) is -1.18. The quantitative estimate of drug-likeness (QED) is 0.123. The summed E-state index contributed by atoms with van der Waals surface area (Å²) in [6.07, 6.45) is -0.123. The number of nitrogens with zero attached hydrogens (tertiary/aromatic N) is 5. The summed E-state index contributed by atoms with van der Waals surface area (Å²) in [5.41, 5.74) is 0.937. The molecule has 0 unspecified atom stereocenters. The summed E-state index contributed by atoms with van der Waals surface area (Å²) in [5, 5.41) is 54.4. The van der Waals surface area contributed by atoms with E-state index in [9.17, 15) is 59.1 Å². The van der Waals surface area contributed by atoms with Crippen LogP contribution < -0.4 is 79.8 Å². The number of ketones is 1. The van der Waals surface area contributed by atoms with Gasteiger partial charge in [0.1, 0.15) is 0 Å². The Balaban J connectivity index is 0. The van der Waals surface area contributed by atoms with Gasteiger partial charge in [-0.2, -0.15) is 0 Å². The first-order valence-corrected chi connectivity index (χ1v) is 14.7. The van der Waals surface area contributed by atoms with Crippen molar-refractivity contribution in [3.8, 4) is 0 Å². The molecule has 50 heavy (non-hydrogen) atoms. The zero-order chi connectivity index (χ0) is 34.9. The van der Waals surface area contributed by atoms with Gasteiger partial charge in [0.15, 0.2) is 5.78 Å². The molecule has 2 rings (SSSR count). The van der Waals surface area contributed by atoms with E-state index in [4.69, 9.17) is 0 Å². The molecule has 1 heterocycles. The topological polar surface area (TPSA) is 257 Å². The van der Waals surface area contributed by atoms with Crippen LogP contribution in [0.25, 0.3) is 0 Å². The van der Waals surface area contributed by atoms with Gasteiger partial charge in [-0.15, -0.1) is 0 Å². The number of benzene rings is 1. The third-order valence-electron chi connectivity index (χ3n) is 7.11. The van der Waals surface area contributed by atoms with Crippen LogP contribution in [0.1, 0.15) is 5.56 Å². The van der Waals surface area contributed by atoms with Gasteiger partial charge in [-0.1, -0.05) is 12.1 Å². The maximum atomic E-state index is 13.0. The van der Waals surface area contributed by atoms with Crippen molar-refractivity contribution < 1.29 is 158 Å². The monoisotopic (exact) mass is 867 g/mol. The van der Waals surface area contributed by atoms with Gasteiger partial charge in [0.25, 0.3) is 0 Å². The molecule has 0 aromatic heterocycles. The summed E-state index contributed by atoms with van der Waals surface area (Å²) in [5.74, 6) is -7.38. The zero-order valence-electron chi connectivity index (χ0n) is 28.2. The molecule has 0 bridgehead atoms. The van der Waals surface area contributed by atoms with Crippen LogP contribution in [0.5, 0.6) is 0 Å². The van der Waals surface area contributed by atoms with Gasteiger partial charge < -0.3 is 45.2 Å². The van der Waals surface area contributed by atoms with Crippen molar-refractivity contribution in [2.24, 2.45) is 0 Å². The molecule has 18 nitrogen and oxygen atoms in total. The van der Waals surface area contributed by atoms with E-state index in [2.05, 4.69) is 5.32 Å². The fraction of sp³-hybridized carbons (Fsp3) is 0.552. The molecule has 0 saturated carbocycles. The molecule has 1 aromatic rings. The van der Waals surface area contributed by atoms with Crippen LogP contribution in [-0.4, -0.2) is 174 Å². The number of carboxylic acids is 5. The molecule has 1 amide bonds. The Morgan fingerprint density at radius 3 is 1.34 bits per heavy atom. The number of anilines is 1. The predicted molar refractivity (Wildman–Crippen MR) is 156 cm³/mol. The number of carbonyl (C=O) groups excluding carboxylic acids is 5. The Bertz CT molecular complexity index is 1230. The maximum absolute atomic E-state index is 13.0. The van der Waals surface area contributed by atoms with E-state index in [0.29, 0.717) is 11.3 Å². The summed E-state index contributed by atoms with van der Waals surface area (Å²) >= 11 is 0. The van der Waals surface area contributed by atoms with E-state index in [0.717, 1.165) is 4.90 Å². The molecule has 1 saturated heterocycles. The van der Waals surface area contributed by atoms with E-state index >= 15 is 0 Å². The minimum atomic E-state index is -1.54. The Labute approximate surface area is 365 Å². The number of Topliss-reactive ketones (excluding diaryl/α,β-unsaturated/α-hetero) is 1. The van der Waals surface area contributed by atoms with Crippen LogP contribution in [0.15, 0.2) is 24.3 Å². The van der Waals surface area contributed by atoms with Crippen molar-refractivity contribution in [3.63, 3.8) is 0 Å². The van der Waals surface area contributed by atoms with Crippen molar-refractivity contribution in [2.75, 3.05) is 103 Å². The first-order valence-electron chi connectivity index (χ1n) is 14.7. The average molecular weight is 867 g/mol. The molecular formula is C29H39GdN6Na2O12+2. The number of carboxylic acid groups (broad SMARTS) is 5. The van der Waals surface area contributed by atoms with Crippen molar-refractivity contribution >= 4 is 47.2 Å². The summed E-state index contributed by atoms with van der Waals surface area (Å²) in [4.78, 5) is 88.6. The van der Waals surface area contributed by atoms with Crippen LogP contribution in [0.4, 0.5) is 5.69 Å². The summed E-state index contributed by atoms with van der Waals surface area (Å²) < 4.78 is 0. The second kappa shape index (κ2) is 27.4. The van der Waals surface area contributed by atoms with Gasteiger partial charge in [0.05, 0.1) is 44.1 Å². The smallest absolute Gasteiger partial charge is 0.549 e. The molecule has 0 aliphatic carbocycles. The summed E-state index contributed by atoms with van der Waals surface area (Å²) in [7, 11) is 0. The van der Waals surface area contributed by atoms with Gasteiger partial charge in [0.2, 0.25) is 5.91 Å². The van der Waals surface area contributed by atoms with Crippen LogP contribution in [0.2, 0.25) is 0 Å². The molecule has 0 spiro atoms. The Hall–Kier alpha value is -1.17. The largest absolute Gasteiger partial charge is 3.00 e. The Morgan fingerprint density at radius 1 is 0.600 bits per heavy atom. The second-order valence-electron chi connectivity index (χ2n) is 11.1. The number of rotatable bonds is 17. The van der Waals surface area contributed by atoms with E-state index in [-0.39, 0.29) is 177 Å². The number of hydrogen-bond donors (Lipinski definition) is 3. The van der Waals surface area contributed by atoms with Crippen molar-refractivity contribution in [2.45, 2.75) is 6.42 Å². The normalized spacial score (nSPS) is 15.1. The van der Waals surface area contributed by atoms with Gasteiger partial charge in [-0.3, -0.25) is 43.7 Å². The van der Waals surface area contributed by atoms with Crippen LogP contribution >= 0.6 is 0 Å². The second-order valence-corrected chi connectivity index (χ2v) is 11.1. The molecule has 1 fully saturated rings. The first kappa shape index (κ1) is 50.9. The Kier molecular flexibility index (Phi) is 28.0. The molecule has 1 aliphatic rings. The SMILES string of the molecule is O=C([O-])CN1CCN(CC(=O)O)CCN(CC(=O)O)CCN(CC(=O)Nc2ccc(CC(=O)CN(CC(=O)[O-])CC(=O)[O-])cc2)CC1.[Gd+3].[Na+].[Na+]. The minimum absolute atomic E-state index is 0. The first-order chi connectivity index (χ1) is 22.2. The number of aliphatic carboxylic acids is 5. The van der Waals surface area contributed by atoms with E-state index in [1.54, 1.807) is 43.9 Å². The molecule has 1 aliphatic heterocycles. The van der Waals surface area contributed by atoms with Gasteiger partial charge in [-0.25, -0.2) is 0 Å². The number of carbonyl (C=O) groups is 7. The third kappa shape index (κ3) is 23.4. The predicted octanol–water partition coefficient (Wildman–Crippen LogP) is -12.3. The fourth-order valence-corrected chi connectivity index (χ4v) is 4.95.